The largest absolute Gasteiger partial charge is 0.356 e. The Morgan fingerprint density at radius 2 is 1.86 bits per heavy atom. The lowest BCUT2D eigenvalue weighted by Gasteiger charge is -2.08. The number of aryl methyl sites for hydroxylation is 2. The molecule has 182 valence electrons. The van der Waals surface area contributed by atoms with E-state index in [4.69, 9.17) is 4.84 Å². The van der Waals surface area contributed by atoms with Gasteiger partial charge in [-0.15, -0.1) is 0 Å². The molecule has 0 saturated carbocycles. The van der Waals surface area contributed by atoms with Crippen LogP contribution >= 0.6 is 0 Å². The number of rotatable bonds is 10. The second kappa shape index (κ2) is 11.0. The van der Waals surface area contributed by atoms with E-state index in [1.54, 1.807) is 45.3 Å². The van der Waals surface area contributed by atoms with Gasteiger partial charge in [-0.2, -0.15) is 5.10 Å². The molecule has 1 aromatic carbocycles. The second-order valence-electron chi connectivity index (χ2n) is 7.63. The molecule has 3 aromatic rings. The van der Waals surface area contributed by atoms with Gasteiger partial charge >= 0.3 is 5.69 Å². The molecule has 35 heavy (non-hydrogen) atoms. The first-order valence-electron chi connectivity index (χ1n) is 10.6. The van der Waals surface area contributed by atoms with E-state index in [0.29, 0.717) is 30.1 Å². The van der Waals surface area contributed by atoms with Crippen LogP contribution in [-0.2, 0) is 11.3 Å². The fraction of sp³-hybridized carbons (Fsp3) is 0.273. The van der Waals surface area contributed by atoms with Crippen molar-refractivity contribution < 1.29 is 19.5 Å². The van der Waals surface area contributed by atoms with Gasteiger partial charge in [0.15, 0.2) is 5.75 Å². The maximum absolute atomic E-state index is 12.4. The summed E-state index contributed by atoms with van der Waals surface area (Å²) in [6, 6.07) is 7.33. The van der Waals surface area contributed by atoms with Gasteiger partial charge in [0, 0.05) is 43.1 Å². The average molecular weight is 481 g/mol. The predicted molar refractivity (Wildman–Crippen MR) is 126 cm³/mol. The van der Waals surface area contributed by atoms with Crippen LogP contribution in [0.3, 0.4) is 0 Å². The van der Waals surface area contributed by atoms with Crippen LogP contribution in [-0.4, -0.2) is 36.2 Å². The van der Waals surface area contributed by atoms with Gasteiger partial charge in [-0.1, -0.05) is 5.16 Å². The molecule has 0 fully saturated rings. The number of anilines is 1. The fourth-order valence-corrected chi connectivity index (χ4v) is 3.36. The van der Waals surface area contributed by atoms with Crippen LogP contribution in [0.4, 0.5) is 17.1 Å². The number of nitro groups is 2. The Balaban J connectivity index is 1.65. The van der Waals surface area contributed by atoms with Crippen molar-refractivity contribution >= 4 is 28.7 Å². The van der Waals surface area contributed by atoms with Crippen molar-refractivity contribution in [3.63, 3.8) is 0 Å². The van der Waals surface area contributed by atoms with Crippen LogP contribution in [0.1, 0.15) is 36.7 Å². The number of non-ortho nitro benzene ring substituents is 1. The Kier molecular flexibility index (Phi) is 7.81. The number of nitro benzene ring substituents is 1. The van der Waals surface area contributed by atoms with Gasteiger partial charge in [0.05, 0.1) is 27.3 Å². The minimum atomic E-state index is -0.600. The van der Waals surface area contributed by atoms with Crippen LogP contribution < -0.4 is 10.2 Å². The van der Waals surface area contributed by atoms with Crippen LogP contribution in [0.2, 0.25) is 0 Å². The van der Waals surface area contributed by atoms with Gasteiger partial charge < -0.3 is 10.2 Å². The number of hydrogen-bond acceptors (Lipinski definition) is 9. The monoisotopic (exact) mass is 481 g/mol. The van der Waals surface area contributed by atoms with Crippen LogP contribution in [0.15, 0.2) is 47.9 Å². The second-order valence-corrected chi connectivity index (χ2v) is 7.63. The summed E-state index contributed by atoms with van der Waals surface area (Å²) >= 11 is 0. The molecule has 13 heteroatoms. The van der Waals surface area contributed by atoms with Gasteiger partial charge in [-0.05, 0) is 39.3 Å². The normalized spacial score (nSPS) is 11.2. The number of carbonyl (C=O) groups is 1. The molecule has 0 bridgehead atoms. The van der Waals surface area contributed by atoms with E-state index in [1.807, 2.05) is 0 Å². The third kappa shape index (κ3) is 6.43. The first kappa shape index (κ1) is 25.0. The molecule has 0 saturated heterocycles. The van der Waals surface area contributed by atoms with Gasteiger partial charge in [0.25, 0.3) is 5.69 Å². The van der Waals surface area contributed by atoms with Crippen LogP contribution in [0.5, 0.6) is 5.75 Å². The first-order chi connectivity index (χ1) is 16.7. The van der Waals surface area contributed by atoms with E-state index in [0.717, 1.165) is 5.56 Å². The Morgan fingerprint density at radius 1 is 1.14 bits per heavy atom. The highest BCUT2D eigenvalue weighted by Gasteiger charge is 2.21. The fourth-order valence-electron chi connectivity index (χ4n) is 3.36. The Hall–Kier alpha value is -4.68. The molecule has 0 radical (unpaired) electrons. The number of amides is 1. The molecule has 2 aromatic heterocycles. The predicted octanol–water partition coefficient (Wildman–Crippen LogP) is 3.93. The van der Waals surface area contributed by atoms with E-state index in [1.165, 1.54) is 22.9 Å². The average Bonchev–Trinajstić information content (AvgIpc) is 3.10. The number of carbonyl (C=O) groups excluding carboxylic acids is 1. The molecular formula is C22H23N7O6. The van der Waals surface area contributed by atoms with Gasteiger partial charge in [-0.3, -0.25) is 34.7 Å². The minimum Gasteiger partial charge on any atom is -0.356 e. The van der Waals surface area contributed by atoms with Gasteiger partial charge in [0.1, 0.15) is 11.4 Å². The summed E-state index contributed by atoms with van der Waals surface area (Å²) in [6.07, 6.45) is 3.64. The molecule has 2 heterocycles. The number of nitrogens with zero attached hydrogens (tertiary/aromatic N) is 6. The molecule has 0 aliphatic heterocycles. The Morgan fingerprint density at radius 3 is 2.49 bits per heavy atom. The molecule has 1 amide bonds. The highest BCUT2D eigenvalue weighted by Crippen LogP contribution is 2.27. The molecule has 0 unspecified atom stereocenters. The van der Waals surface area contributed by atoms with Gasteiger partial charge in [-0.25, -0.2) is 0 Å². The summed E-state index contributed by atoms with van der Waals surface area (Å²) in [5.74, 6) is -0.304. The van der Waals surface area contributed by atoms with E-state index >= 15 is 0 Å². The summed E-state index contributed by atoms with van der Waals surface area (Å²) in [7, 11) is 0. The highest BCUT2D eigenvalue weighted by atomic mass is 16.6. The zero-order valence-corrected chi connectivity index (χ0v) is 19.3. The molecule has 0 spiro atoms. The lowest BCUT2D eigenvalue weighted by Crippen LogP contribution is -2.13. The number of pyridine rings is 1. The summed E-state index contributed by atoms with van der Waals surface area (Å²) in [4.78, 5) is 43.1. The van der Waals surface area contributed by atoms with Crippen LogP contribution in [0, 0.1) is 34.1 Å². The summed E-state index contributed by atoms with van der Waals surface area (Å²) in [5, 5.41) is 33.2. The summed E-state index contributed by atoms with van der Waals surface area (Å²) in [5.41, 5.74) is 1.89. The third-order valence-electron chi connectivity index (χ3n) is 5.07. The van der Waals surface area contributed by atoms with E-state index in [9.17, 15) is 25.0 Å². The van der Waals surface area contributed by atoms with Crippen LogP contribution in [0.25, 0.3) is 0 Å². The van der Waals surface area contributed by atoms with E-state index < -0.39 is 9.85 Å². The highest BCUT2D eigenvalue weighted by molar-refractivity contribution is 5.98. The van der Waals surface area contributed by atoms with Gasteiger partial charge in [0.2, 0.25) is 5.91 Å². The van der Waals surface area contributed by atoms with Crippen molar-refractivity contribution in [1.82, 2.24) is 14.8 Å². The molecule has 0 aliphatic carbocycles. The Labute approximate surface area is 199 Å². The minimum absolute atomic E-state index is 0.0413. The van der Waals surface area contributed by atoms with Crippen molar-refractivity contribution in [2.45, 2.75) is 40.2 Å². The number of benzene rings is 1. The van der Waals surface area contributed by atoms with Crippen molar-refractivity contribution in [2.24, 2.45) is 5.16 Å². The van der Waals surface area contributed by atoms with E-state index in [-0.39, 0.29) is 35.1 Å². The molecule has 13 nitrogen and oxygen atoms in total. The number of aromatic nitrogens is 3. The lowest BCUT2D eigenvalue weighted by molar-refractivity contribution is -0.386. The zero-order chi connectivity index (χ0) is 25.5. The first-order valence-corrected chi connectivity index (χ1v) is 10.6. The zero-order valence-electron chi connectivity index (χ0n) is 19.3. The SMILES string of the molecule is C/C(=N/Oc1cc(NC(=O)CCCn2nc(C)c([N+](=O)[O-])c2C)cc([N+](=O)[O-])c1)c1ccncc1. The van der Waals surface area contributed by atoms with Crippen molar-refractivity contribution in [3.05, 3.63) is 79.9 Å². The number of nitrogens with one attached hydrogen (secondary N) is 1. The standard InChI is InChI=1S/C22H23N7O6/c1-14(17-6-8-23-9-7-17)26-35-20-12-18(11-19(13-20)28(31)32)24-21(30)5-4-10-27-16(3)22(29(33)34)15(2)25-27/h6-9,11-13H,4-5,10H2,1-3H3,(H,24,30)/b26-14-. The topological polar surface area (TPSA) is 168 Å². The number of hydrogen-bond donors (Lipinski definition) is 1. The maximum atomic E-state index is 12.4. The number of oxime groups is 1. The molecule has 3 rings (SSSR count). The van der Waals surface area contributed by atoms with Crippen molar-refractivity contribution in [1.29, 1.82) is 0 Å². The molecule has 0 aliphatic rings. The quantitative estimate of drug-likeness (QED) is 0.258. The molecular weight excluding hydrogens is 458 g/mol. The van der Waals surface area contributed by atoms with Crippen molar-refractivity contribution in [3.8, 4) is 5.75 Å². The Bertz CT molecular complexity index is 1290. The summed E-state index contributed by atoms with van der Waals surface area (Å²) in [6.45, 7) is 5.17. The maximum Gasteiger partial charge on any atom is 0.312 e. The molecule has 0 atom stereocenters. The molecule has 1 N–H and O–H groups in total. The smallest absolute Gasteiger partial charge is 0.312 e. The van der Waals surface area contributed by atoms with Crippen molar-refractivity contribution in [2.75, 3.05) is 5.32 Å². The third-order valence-corrected chi connectivity index (χ3v) is 5.07. The van der Waals surface area contributed by atoms with E-state index in [2.05, 4.69) is 20.6 Å². The lowest BCUT2D eigenvalue weighted by atomic mass is 10.2. The summed E-state index contributed by atoms with van der Waals surface area (Å²) < 4.78 is 1.49.